The van der Waals surface area contributed by atoms with Crippen molar-refractivity contribution in [1.82, 2.24) is 4.98 Å². The van der Waals surface area contributed by atoms with Gasteiger partial charge in [-0.3, -0.25) is 0 Å². The Labute approximate surface area is 163 Å². The van der Waals surface area contributed by atoms with Crippen molar-refractivity contribution >= 4 is 47.3 Å². The molecule has 0 amide bonds. The third kappa shape index (κ3) is 3.29. The van der Waals surface area contributed by atoms with Crippen molar-refractivity contribution in [3.8, 4) is 5.75 Å². The molecule has 1 aromatic heterocycles. The molecule has 0 fully saturated rings. The number of nitrogens with one attached hydrogen (secondary N) is 1. The number of thiazole rings is 1. The first-order chi connectivity index (χ1) is 12.5. The molecule has 0 radical (unpaired) electrons. The van der Waals surface area contributed by atoms with Crippen LogP contribution in [0.5, 0.6) is 5.75 Å². The molecule has 0 saturated heterocycles. The molecule has 1 N–H and O–H groups in total. The summed E-state index contributed by atoms with van der Waals surface area (Å²) in [4.78, 5) is 29.0. The lowest BCUT2D eigenvalue weighted by atomic mass is 9.89. The highest BCUT2D eigenvalue weighted by atomic mass is 32.2. The Morgan fingerprint density at radius 1 is 1.08 bits per heavy atom. The van der Waals surface area contributed by atoms with Crippen LogP contribution in [0.2, 0.25) is 0 Å². The quantitative estimate of drug-likeness (QED) is 0.610. The van der Waals surface area contributed by atoms with Gasteiger partial charge in [0.05, 0.1) is 42.7 Å². The van der Waals surface area contributed by atoms with Crippen molar-refractivity contribution in [3.05, 3.63) is 49.1 Å². The standard InChI is InChI=1S/C17H15NO5S3/c1-21-9-6-4-8(5-7-9)10-11(15(19)22-2)13(16(20)23-3)25-14-12(10)26-17(24)18-14/h4-7,10H,1-3H3,(H,18,24). The predicted molar refractivity (Wildman–Crippen MR) is 101 cm³/mol. The number of hydrogen-bond donors (Lipinski definition) is 1. The van der Waals surface area contributed by atoms with E-state index < -0.39 is 17.9 Å². The monoisotopic (exact) mass is 409 g/mol. The molecule has 136 valence electrons. The highest BCUT2D eigenvalue weighted by Gasteiger charge is 2.39. The summed E-state index contributed by atoms with van der Waals surface area (Å²) in [6.45, 7) is 0. The minimum atomic E-state index is -0.593. The summed E-state index contributed by atoms with van der Waals surface area (Å²) in [6, 6.07) is 7.30. The van der Waals surface area contributed by atoms with Crippen molar-refractivity contribution in [2.45, 2.75) is 10.9 Å². The van der Waals surface area contributed by atoms with Crippen LogP contribution in [0.3, 0.4) is 0 Å². The number of aromatic amines is 1. The Bertz CT molecular complexity index is 942. The minimum Gasteiger partial charge on any atom is -0.497 e. The highest BCUT2D eigenvalue weighted by molar-refractivity contribution is 8.04. The summed E-state index contributed by atoms with van der Waals surface area (Å²) in [5.41, 5.74) is 1.06. The van der Waals surface area contributed by atoms with Crippen LogP contribution in [0.1, 0.15) is 16.4 Å². The smallest absolute Gasteiger partial charge is 0.345 e. The number of thioether (sulfide) groups is 1. The van der Waals surface area contributed by atoms with E-state index in [2.05, 4.69) is 4.98 Å². The Kier molecular flexibility index (Phi) is 5.49. The fraction of sp³-hybridized carbons (Fsp3) is 0.235. The van der Waals surface area contributed by atoms with Crippen molar-refractivity contribution in [1.29, 1.82) is 0 Å². The number of carbonyl (C=O) groups is 2. The fourth-order valence-electron chi connectivity index (χ4n) is 2.69. The molecule has 9 heteroatoms. The van der Waals surface area contributed by atoms with Crippen molar-refractivity contribution in [2.75, 3.05) is 21.3 Å². The third-order valence-electron chi connectivity index (χ3n) is 3.87. The molecule has 1 aliphatic heterocycles. The number of ether oxygens (including phenoxy) is 3. The number of hydrogen-bond acceptors (Lipinski definition) is 8. The number of fused-ring (bicyclic) bond motifs is 1. The topological polar surface area (TPSA) is 77.6 Å². The van der Waals surface area contributed by atoms with Crippen molar-refractivity contribution in [3.63, 3.8) is 0 Å². The average molecular weight is 410 g/mol. The van der Waals surface area contributed by atoms with Crippen molar-refractivity contribution in [2.24, 2.45) is 0 Å². The normalized spacial score (nSPS) is 16.0. The van der Waals surface area contributed by atoms with Gasteiger partial charge in [-0.15, -0.1) is 11.3 Å². The number of esters is 2. The van der Waals surface area contributed by atoms with Gasteiger partial charge in [-0.05, 0) is 29.9 Å². The van der Waals surface area contributed by atoms with Crippen LogP contribution in [-0.2, 0) is 19.1 Å². The molecule has 1 unspecified atom stereocenters. The molecule has 1 atom stereocenters. The van der Waals surface area contributed by atoms with E-state index in [1.807, 2.05) is 12.1 Å². The molecule has 26 heavy (non-hydrogen) atoms. The first-order valence-electron chi connectivity index (χ1n) is 7.45. The second kappa shape index (κ2) is 7.65. The third-order valence-corrected chi connectivity index (χ3v) is 6.41. The Morgan fingerprint density at radius 2 is 1.73 bits per heavy atom. The molecule has 2 heterocycles. The van der Waals surface area contributed by atoms with E-state index in [9.17, 15) is 9.59 Å². The van der Waals surface area contributed by atoms with Gasteiger partial charge in [0, 0.05) is 0 Å². The van der Waals surface area contributed by atoms with Gasteiger partial charge in [0.25, 0.3) is 0 Å². The van der Waals surface area contributed by atoms with Crippen LogP contribution in [0.15, 0.2) is 39.8 Å². The molecule has 6 nitrogen and oxygen atoms in total. The lowest BCUT2D eigenvalue weighted by Crippen LogP contribution is -2.22. The number of methoxy groups -OCH3 is 3. The molecular formula is C17H15NO5S3. The van der Waals surface area contributed by atoms with E-state index in [0.717, 1.165) is 27.2 Å². The SMILES string of the molecule is COC(=O)C1=C(C(=O)OC)C(c2ccc(OC)cc2)c2sc(=S)[nH]c2S1. The van der Waals surface area contributed by atoms with E-state index in [-0.39, 0.29) is 10.5 Å². The lowest BCUT2D eigenvalue weighted by Gasteiger charge is -2.25. The Morgan fingerprint density at radius 3 is 2.31 bits per heavy atom. The second-order valence-electron chi connectivity index (χ2n) is 5.24. The zero-order valence-corrected chi connectivity index (χ0v) is 16.6. The lowest BCUT2D eigenvalue weighted by molar-refractivity contribution is -0.139. The highest BCUT2D eigenvalue weighted by Crippen LogP contribution is 2.50. The largest absolute Gasteiger partial charge is 0.497 e. The predicted octanol–water partition coefficient (Wildman–Crippen LogP) is 3.65. The average Bonchev–Trinajstić information content (AvgIpc) is 3.05. The van der Waals surface area contributed by atoms with E-state index in [1.165, 1.54) is 25.6 Å². The number of H-pyrrole nitrogens is 1. The second-order valence-corrected chi connectivity index (χ2v) is 7.98. The summed E-state index contributed by atoms with van der Waals surface area (Å²) < 4.78 is 15.6. The first kappa shape index (κ1) is 18.7. The van der Waals surface area contributed by atoms with Gasteiger partial charge < -0.3 is 19.2 Å². The molecule has 1 aliphatic rings. The Balaban J connectivity index is 2.25. The van der Waals surface area contributed by atoms with E-state index in [0.29, 0.717) is 9.70 Å². The minimum absolute atomic E-state index is 0.191. The summed E-state index contributed by atoms with van der Waals surface area (Å²) in [7, 11) is 4.14. The van der Waals surface area contributed by atoms with Gasteiger partial charge in [0.1, 0.15) is 10.7 Å². The van der Waals surface area contributed by atoms with Crippen LogP contribution in [0, 0.1) is 3.95 Å². The maximum absolute atomic E-state index is 12.6. The maximum Gasteiger partial charge on any atom is 0.345 e. The molecule has 2 aromatic rings. The van der Waals surface area contributed by atoms with E-state index >= 15 is 0 Å². The molecule has 0 saturated carbocycles. The number of benzene rings is 1. The molecular weight excluding hydrogens is 394 g/mol. The van der Waals surface area contributed by atoms with Gasteiger partial charge in [0.2, 0.25) is 0 Å². The Hall–Kier alpha value is -2.10. The molecule has 3 rings (SSSR count). The van der Waals surface area contributed by atoms with Gasteiger partial charge in [-0.2, -0.15) is 0 Å². The van der Waals surface area contributed by atoms with Gasteiger partial charge in [-0.1, -0.05) is 23.9 Å². The van der Waals surface area contributed by atoms with E-state index in [4.69, 9.17) is 26.4 Å². The summed E-state index contributed by atoms with van der Waals surface area (Å²) in [6.07, 6.45) is 0. The van der Waals surface area contributed by atoms with Crippen molar-refractivity contribution < 1.29 is 23.8 Å². The summed E-state index contributed by atoms with van der Waals surface area (Å²) in [5, 5.41) is 0.730. The number of rotatable bonds is 4. The zero-order chi connectivity index (χ0) is 18.8. The zero-order valence-electron chi connectivity index (χ0n) is 14.2. The van der Waals surface area contributed by atoms with Crippen LogP contribution in [-0.4, -0.2) is 38.3 Å². The van der Waals surface area contributed by atoms with Crippen LogP contribution >= 0.6 is 35.3 Å². The van der Waals surface area contributed by atoms with Gasteiger partial charge in [0.15, 0.2) is 3.95 Å². The molecule has 0 spiro atoms. The fourth-order valence-corrected chi connectivity index (χ4v) is 5.36. The first-order valence-corrected chi connectivity index (χ1v) is 9.49. The van der Waals surface area contributed by atoms with Crippen LogP contribution in [0.25, 0.3) is 0 Å². The maximum atomic E-state index is 12.6. The van der Waals surface area contributed by atoms with Crippen LogP contribution < -0.4 is 4.74 Å². The van der Waals surface area contributed by atoms with Gasteiger partial charge in [-0.25, -0.2) is 9.59 Å². The molecule has 1 aromatic carbocycles. The number of aromatic nitrogens is 1. The number of carbonyl (C=O) groups excluding carboxylic acids is 2. The summed E-state index contributed by atoms with van der Waals surface area (Å²) >= 11 is 7.77. The van der Waals surface area contributed by atoms with E-state index in [1.54, 1.807) is 19.2 Å². The summed E-state index contributed by atoms with van der Waals surface area (Å²) in [5.74, 6) is -0.969. The van der Waals surface area contributed by atoms with Crippen LogP contribution in [0.4, 0.5) is 0 Å². The van der Waals surface area contributed by atoms with Gasteiger partial charge >= 0.3 is 11.9 Å². The molecule has 0 bridgehead atoms. The molecule has 0 aliphatic carbocycles.